The second-order valence-electron chi connectivity index (χ2n) is 7.92. The van der Waals surface area contributed by atoms with Crippen molar-refractivity contribution in [3.05, 3.63) is 46.5 Å². The first-order valence-corrected chi connectivity index (χ1v) is 10.9. The van der Waals surface area contributed by atoms with Crippen LogP contribution in [-0.4, -0.2) is 28.4 Å². The van der Waals surface area contributed by atoms with E-state index in [1.807, 2.05) is 13.8 Å². The number of unbranched alkanes of at least 4 members (excludes halogenated alkanes) is 1. The minimum Gasteiger partial charge on any atom is -0.496 e. The molecular weight excluding hydrogens is 376 g/mol. The Bertz CT molecular complexity index is 767. The van der Waals surface area contributed by atoms with Crippen molar-refractivity contribution in [1.29, 1.82) is 0 Å². The third-order valence-electron chi connectivity index (χ3n) is 6.09. The molecule has 30 heavy (non-hydrogen) atoms. The van der Waals surface area contributed by atoms with E-state index in [0.717, 1.165) is 58.1 Å². The van der Waals surface area contributed by atoms with Crippen molar-refractivity contribution in [2.24, 2.45) is 5.92 Å². The van der Waals surface area contributed by atoms with Crippen LogP contribution in [0.3, 0.4) is 0 Å². The first-order valence-electron chi connectivity index (χ1n) is 10.9. The van der Waals surface area contributed by atoms with E-state index in [2.05, 4.69) is 38.1 Å². The van der Waals surface area contributed by atoms with Gasteiger partial charge in [-0.25, -0.2) is 0 Å². The summed E-state index contributed by atoms with van der Waals surface area (Å²) in [6.45, 7) is 8.60. The lowest BCUT2D eigenvalue weighted by molar-refractivity contribution is 0.354. The van der Waals surface area contributed by atoms with E-state index < -0.39 is 0 Å². The highest BCUT2D eigenvalue weighted by molar-refractivity contribution is 5.55. The maximum atomic E-state index is 5.85. The van der Waals surface area contributed by atoms with Crippen LogP contribution in [0.5, 0.6) is 23.0 Å². The summed E-state index contributed by atoms with van der Waals surface area (Å²) >= 11 is 0. The monoisotopic (exact) mass is 414 g/mol. The molecule has 0 amide bonds. The Kier molecular flexibility index (Phi) is 8.88. The van der Waals surface area contributed by atoms with Crippen LogP contribution in [0.2, 0.25) is 0 Å². The lowest BCUT2D eigenvalue weighted by Gasteiger charge is -2.31. The van der Waals surface area contributed by atoms with E-state index in [0.29, 0.717) is 5.92 Å². The fraction of sp³-hybridized carbons (Fsp3) is 0.538. The summed E-state index contributed by atoms with van der Waals surface area (Å²) in [5, 5.41) is 0. The quantitative estimate of drug-likeness (QED) is 0.411. The standard InChI is InChI=1S/C26H38O4/c1-9-11-12-19(10-2)26(20-15-22(27-5)17(3)13-24(20)29-7)21-16-23(28-6)18(4)14-25(21)30-8/h13-16,19,26H,9-12H2,1-8H3. The number of hydrogen-bond donors (Lipinski definition) is 0. The minimum atomic E-state index is 0.107. The molecule has 2 aromatic rings. The van der Waals surface area contributed by atoms with Crippen LogP contribution < -0.4 is 18.9 Å². The first kappa shape index (κ1) is 23.9. The van der Waals surface area contributed by atoms with Gasteiger partial charge in [0.05, 0.1) is 28.4 Å². The van der Waals surface area contributed by atoms with Gasteiger partial charge in [-0.15, -0.1) is 0 Å². The maximum absolute atomic E-state index is 5.85. The van der Waals surface area contributed by atoms with Gasteiger partial charge in [-0.05, 0) is 61.6 Å². The maximum Gasteiger partial charge on any atom is 0.123 e. The third kappa shape index (κ3) is 5.03. The van der Waals surface area contributed by atoms with Gasteiger partial charge < -0.3 is 18.9 Å². The highest BCUT2D eigenvalue weighted by atomic mass is 16.5. The number of ether oxygens (including phenoxy) is 4. The second kappa shape index (κ2) is 11.1. The molecule has 1 atom stereocenters. The van der Waals surface area contributed by atoms with Gasteiger partial charge in [-0.3, -0.25) is 0 Å². The summed E-state index contributed by atoms with van der Waals surface area (Å²) in [6, 6.07) is 8.43. The van der Waals surface area contributed by atoms with E-state index in [-0.39, 0.29) is 5.92 Å². The van der Waals surface area contributed by atoms with Crippen molar-refractivity contribution in [1.82, 2.24) is 0 Å². The lowest BCUT2D eigenvalue weighted by Crippen LogP contribution is -2.17. The van der Waals surface area contributed by atoms with E-state index in [1.54, 1.807) is 28.4 Å². The summed E-state index contributed by atoms with van der Waals surface area (Å²) in [4.78, 5) is 0. The van der Waals surface area contributed by atoms with Crippen molar-refractivity contribution in [2.75, 3.05) is 28.4 Å². The number of aryl methyl sites for hydroxylation is 2. The van der Waals surface area contributed by atoms with Crippen molar-refractivity contribution in [3.63, 3.8) is 0 Å². The van der Waals surface area contributed by atoms with Crippen molar-refractivity contribution >= 4 is 0 Å². The molecule has 0 N–H and O–H groups in total. The Morgan fingerprint density at radius 2 is 1.10 bits per heavy atom. The smallest absolute Gasteiger partial charge is 0.123 e. The van der Waals surface area contributed by atoms with E-state index in [4.69, 9.17) is 18.9 Å². The van der Waals surface area contributed by atoms with Crippen molar-refractivity contribution in [3.8, 4) is 23.0 Å². The Hall–Kier alpha value is -2.36. The SMILES string of the molecule is CCCCC(CC)C(c1cc(OC)c(C)cc1OC)c1cc(OC)c(C)cc1OC. The molecule has 4 nitrogen and oxygen atoms in total. The Balaban J connectivity index is 2.80. The normalized spacial score (nSPS) is 12.0. The molecule has 4 heteroatoms. The highest BCUT2D eigenvalue weighted by Gasteiger charge is 2.30. The second-order valence-corrected chi connectivity index (χ2v) is 7.92. The molecule has 166 valence electrons. The molecule has 0 radical (unpaired) electrons. The van der Waals surface area contributed by atoms with E-state index in [9.17, 15) is 0 Å². The third-order valence-corrected chi connectivity index (χ3v) is 6.09. The lowest BCUT2D eigenvalue weighted by atomic mass is 9.75. The van der Waals surface area contributed by atoms with Crippen LogP contribution in [-0.2, 0) is 0 Å². The average molecular weight is 415 g/mol. The zero-order chi connectivity index (χ0) is 22.3. The number of benzene rings is 2. The molecule has 0 fully saturated rings. The highest BCUT2D eigenvalue weighted by Crippen LogP contribution is 2.47. The molecule has 0 aliphatic heterocycles. The van der Waals surface area contributed by atoms with E-state index in [1.165, 1.54) is 12.8 Å². The van der Waals surface area contributed by atoms with E-state index >= 15 is 0 Å². The molecule has 2 aromatic carbocycles. The summed E-state index contributed by atoms with van der Waals surface area (Å²) in [5.41, 5.74) is 4.39. The summed E-state index contributed by atoms with van der Waals surface area (Å²) in [6.07, 6.45) is 4.55. The van der Waals surface area contributed by atoms with Crippen molar-refractivity contribution in [2.45, 2.75) is 59.3 Å². The molecule has 0 saturated carbocycles. The van der Waals surface area contributed by atoms with Gasteiger partial charge in [0.2, 0.25) is 0 Å². The topological polar surface area (TPSA) is 36.9 Å². The van der Waals surface area contributed by atoms with Gasteiger partial charge in [-0.1, -0.05) is 33.1 Å². The molecule has 1 unspecified atom stereocenters. The van der Waals surface area contributed by atoms with Gasteiger partial charge in [0.25, 0.3) is 0 Å². The molecule has 0 bridgehead atoms. The number of rotatable bonds is 11. The molecule has 0 spiro atoms. The fourth-order valence-corrected chi connectivity index (χ4v) is 4.38. The molecule has 0 heterocycles. The van der Waals surface area contributed by atoms with Crippen LogP contribution in [0.4, 0.5) is 0 Å². The van der Waals surface area contributed by atoms with Crippen LogP contribution in [0.1, 0.15) is 67.7 Å². The fourth-order valence-electron chi connectivity index (χ4n) is 4.38. The predicted molar refractivity (Wildman–Crippen MR) is 124 cm³/mol. The molecule has 0 aromatic heterocycles. The first-order chi connectivity index (χ1) is 14.4. The summed E-state index contributed by atoms with van der Waals surface area (Å²) in [5.74, 6) is 4.06. The van der Waals surface area contributed by atoms with Gasteiger partial charge >= 0.3 is 0 Å². The van der Waals surface area contributed by atoms with Gasteiger partial charge in [0.15, 0.2) is 0 Å². The van der Waals surface area contributed by atoms with Crippen molar-refractivity contribution < 1.29 is 18.9 Å². The van der Waals surface area contributed by atoms with Crippen LogP contribution in [0.25, 0.3) is 0 Å². The molecule has 0 aliphatic carbocycles. The van der Waals surface area contributed by atoms with Crippen LogP contribution >= 0.6 is 0 Å². The Morgan fingerprint density at radius 3 is 1.43 bits per heavy atom. The zero-order valence-electron chi connectivity index (χ0n) is 19.9. The molecule has 0 aliphatic rings. The van der Waals surface area contributed by atoms with Crippen LogP contribution in [0, 0.1) is 19.8 Å². The largest absolute Gasteiger partial charge is 0.496 e. The minimum absolute atomic E-state index is 0.107. The van der Waals surface area contributed by atoms with Gasteiger partial charge in [0.1, 0.15) is 23.0 Å². The Labute approximate surface area is 182 Å². The molecular formula is C26H38O4. The summed E-state index contributed by atoms with van der Waals surface area (Å²) < 4.78 is 23.1. The number of methoxy groups -OCH3 is 4. The van der Waals surface area contributed by atoms with Crippen LogP contribution in [0.15, 0.2) is 24.3 Å². The zero-order valence-corrected chi connectivity index (χ0v) is 19.9. The van der Waals surface area contributed by atoms with Gasteiger partial charge in [0, 0.05) is 17.0 Å². The molecule has 2 rings (SSSR count). The summed E-state index contributed by atoms with van der Waals surface area (Å²) in [7, 11) is 6.92. The van der Waals surface area contributed by atoms with Gasteiger partial charge in [-0.2, -0.15) is 0 Å². The molecule has 0 saturated heterocycles. The average Bonchev–Trinajstić information content (AvgIpc) is 2.76. The Morgan fingerprint density at radius 1 is 0.667 bits per heavy atom. The predicted octanol–water partition coefficient (Wildman–Crippen LogP) is 6.69. The number of hydrogen-bond acceptors (Lipinski definition) is 4.